The highest BCUT2D eigenvalue weighted by molar-refractivity contribution is 7.15. The maximum atomic E-state index is 4.57. The monoisotopic (exact) mass is 261 g/mol. The minimum atomic E-state index is 0.724. The van der Waals surface area contributed by atoms with Crippen molar-refractivity contribution in [3.8, 4) is 0 Å². The molecule has 3 heterocycles. The Morgan fingerprint density at radius 2 is 2.39 bits per heavy atom. The van der Waals surface area contributed by atoms with E-state index >= 15 is 0 Å². The van der Waals surface area contributed by atoms with Crippen molar-refractivity contribution in [1.29, 1.82) is 0 Å². The minimum absolute atomic E-state index is 0.724. The molecule has 0 amide bonds. The predicted octanol–water partition coefficient (Wildman–Crippen LogP) is 1.75. The van der Waals surface area contributed by atoms with E-state index in [4.69, 9.17) is 0 Å². The lowest BCUT2D eigenvalue weighted by Gasteiger charge is -2.05. The van der Waals surface area contributed by atoms with Crippen molar-refractivity contribution >= 4 is 16.3 Å². The maximum Gasteiger partial charge on any atom is 0.193 e. The molecular formula is C12H15N5S. The molecule has 94 valence electrons. The molecule has 0 aromatic carbocycles. The van der Waals surface area contributed by atoms with Gasteiger partial charge < -0.3 is 5.32 Å². The summed E-state index contributed by atoms with van der Waals surface area (Å²) >= 11 is 1.65. The molecule has 1 N–H and O–H groups in total. The second-order valence-electron chi connectivity index (χ2n) is 4.09. The van der Waals surface area contributed by atoms with Gasteiger partial charge in [-0.15, -0.1) is 11.3 Å². The van der Waals surface area contributed by atoms with Crippen LogP contribution >= 0.6 is 11.3 Å². The molecule has 3 aromatic rings. The third-order valence-electron chi connectivity index (χ3n) is 2.82. The van der Waals surface area contributed by atoms with Crippen LogP contribution in [0.15, 0.2) is 30.0 Å². The molecule has 18 heavy (non-hydrogen) atoms. The fourth-order valence-corrected chi connectivity index (χ4v) is 2.63. The summed E-state index contributed by atoms with van der Waals surface area (Å²) < 4.78 is 4.04. The highest BCUT2D eigenvalue weighted by atomic mass is 32.1. The minimum Gasteiger partial charge on any atom is -0.311 e. The van der Waals surface area contributed by atoms with E-state index in [1.807, 2.05) is 32.9 Å². The predicted molar refractivity (Wildman–Crippen MR) is 71.8 cm³/mol. The number of thiazole rings is 1. The lowest BCUT2D eigenvalue weighted by Crippen LogP contribution is -2.16. The van der Waals surface area contributed by atoms with Crippen LogP contribution < -0.4 is 5.32 Å². The van der Waals surface area contributed by atoms with Gasteiger partial charge in [0.25, 0.3) is 0 Å². The molecule has 0 saturated carbocycles. The Morgan fingerprint density at radius 1 is 1.44 bits per heavy atom. The van der Waals surface area contributed by atoms with Crippen molar-refractivity contribution in [1.82, 2.24) is 24.5 Å². The van der Waals surface area contributed by atoms with Crippen LogP contribution in [0.1, 0.15) is 18.3 Å². The number of fused-ring (bicyclic) bond motifs is 1. The van der Waals surface area contributed by atoms with Gasteiger partial charge in [-0.3, -0.25) is 9.08 Å². The molecule has 0 fully saturated rings. The molecule has 0 aliphatic heterocycles. The van der Waals surface area contributed by atoms with E-state index in [2.05, 4.69) is 28.5 Å². The van der Waals surface area contributed by atoms with Gasteiger partial charge in [0.15, 0.2) is 4.96 Å². The van der Waals surface area contributed by atoms with Crippen LogP contribution in [0.4, 0.5) is 0 Å². The number of nitrogens with zero attached hydrogens (tertiary/aromatic N) is 4. The molecule has 0 bridgehead atoms. The summed E-state index contributed by atoms with van der Waals surface area (Å²) in [5.74, 6) is 0. The molecule has 0 spiro atoms. The van der Waals surface area contributed by atoms with Crippen molar-refractivity contribution in [2.75, 3.05) is 6.54 Å². The van der Waals surface area contributed by atoms with E-state index < -0.39 is 0 Å². The fraction of sp³-hybridized carbons (Fsp3) is 0.333. The van der Waals surface area contributed by atoms with Crippen LogP contribution in [-0.4, -0.2) is 25.7 Å². The maximum absolute atomic E-state index is 4.57. The zero-order chi connectivity index (χ0) is 12.4. The summed E-state index contributed by atoms with van der Waals surface area (Å²) in [6.07, 6.45) is 5.93. The van der Waals surface area contributed by atoms with Crippen LogP contribution in [0, 0.1) is 0 Å². The Hall–Kier alpha value is -1.66. The van der Waals surface area contributed by atoms with Gasteiger partial charge in [0, 0.05) is 30.5 Å². The van der Waals surface area contributed by atoms with Crippen LogP contribution in [-0.2, 0) is 13.1 Å². The Labute approximate surface area is 109 Å². The van der Waals surface area contributed by atoms with Gasteiger partial charge in [0.2, 0.25) is 0 Å². The van der Waals surface area contributed by atoms with E-state index in [0.717, 1.165) is 30.3 Å². The van der Waals surface area contributed by atoms with Crippen LogP contribution in [0.3, 0.4) is 0 Å². The highest BCUT2D eigenvalue weighted by Gasteiger charge is 2.06. The second kappa shape index (κ2) is 4.91. The lowest BCUT2D eigenvalue weighted by molar-refractivity contribution is 0.600. The number of aromatic nitrogens is 4. The van der Waals surface area contributed by atoms with Gasteiger partial charge in [0.05, 0.1) is 17.9 Å². The first-order valence-electron chi connectivity index (χ1n) is 5.99. The first kappa shape index (κ1) is 11.4. The van der Waals surface area contributed by atoms with E-state index in [9.17, 15) is 0 Å². The summed E-state index contributed by atoms with van der Waals surface area (Å²) in [7, 11) is 0. The normalized spacial score (nSPS) is 11.4. The molecule has 5 nitrogen and oxygen atoms in total. The highest BCUT2D eigenvalue weighted by Crippen LogP contribution is 2.12. The summed E-state index contributed by atoms with van der Waals surface area (Å²) in [6.45, 7) is 4.64. The Bertz CT molecular complexity index is 607. The van der Waals surface area contributed by atoms with Crippen molar-refractivity contribution in [3.63, 3.8) is 0 Å². The smallest absolute Gasteiger partial charge is 0.193 e. The summed E-state index contributed by atoms with van der Waals surface area (Å²) in [4.78, 5) is 5.60. The molecule has 6 heteroatoms. The molecule has 0 saturated heterocycles. The summed E-state index contributed by atoms with van der Waals surface area (Å²) in [6, 6.07) is 2.04. The van der Waals surface area contributed by atoms with Crippen LogP contribution in [0.25, 0.3) is 4.96 Å². The van der Waals surface area contributed by atoms with Crippen LogP contribution in [0.2, 0.25) is 0 Å². The van der Waals surface area contributed by atoms with Crippen molar-refractivity contribution < 1.29 is 0 Å². The Morgan fingerprint density at radius 3 is 3.22 bits per heavy atom. The van der Waals surface area contributed by atoms with E-state index in [0.29, 0.717) is 0 Å². The van der Waals surface area contributed by atoms with Gasteiger partial charge in [-0.2, -0.15) is 5.10 Å². The second-order valence-corrected chi connectivity index (χ2v) is 4.96. The first-order chi connectivity index (χ1) is 8.86. The molecule has 0 aliphatic carbocycles. The number of nitrogens with one attached hydrogen (secondary N) is 1. The van der Waals surface area contributed by atoms with E-state index in [1.165, 1.54) is 5.69 Å². The van der Waals surface area contributed by atoms with Gasteiger partial charge in [0.1, 0.15) is 0 Å². The van der Waals surface area contributed by atoms with E-state index in [1.54, 1.807) is 11.3 Å². The SMILES string of the molecule is CCNCc1ccnn1Cc1cn2ccsc2n1. The quantitative estimate of drug-likeness (QED) is 0.761. The third kappa shape index (κ3) is 2.16. The zero-order valence-electron chi connectivity index (χ0n) is 10.2. The average molecular weight is 261 g/mol. The number of imidazole rings is 1. The molecule has 0 atom stereocenters. The van der Waals surface area contributed by atoms with Gasteiger partial charge >= 0.3 is 0 Å². The molecule has 3 aromatic heterocycles. The number of rotatable bonds is 5. The standard InChI is InChI=1S/C12H15N5S/c1-2-13-7-11-3-4-14-17(11)9-10-8-16-5-6-18-12(16)15-10/h3-6,8,13H,2,7,9H2,1H3. The van der Waals surface area contributed by atoms with E-state index in [-0.39, 0.29) is 0 Å². The van der Waals surface area contributed by atoms with Gasteiger partial charge in [-0.1, -0.05) is 6.92 Å². The van der Waals surface area contributed by atoms with Gasteiger partial charge in [-0.05, 0) is 12.6 Å². The van der Waals surface area contributed by atoms with Gasteiger partial charge in [-0.25, -0.2) is 4.98 Å². The fourth-order valence-electron chi connectivity index (χ4n) is 1.91. The third-order valence-corrected chi connectivity index (χ3v) is 3.59. The molecular weight excluding hydrogens is 246 g/mol. The van der Waals surface area contributed by atoms with Crippen molar-refractivity contribution in [2.45, 2.75) is 20.0 Å². The molecule has 0 unspecified atom stereocenters. The van der Waals surface area contributed by atoms with Crippen LogP contribution in [0.5, 0.6) is 0 Å². The average Bonchev–Trinajstić information content (AvgIpc) is 3.02. The lowest BCUT2D eigenvalue weighted by atomic mass is 10.4. The first-order valence-corrected chi connectivity index (χ1v) is 6.87. The zero-order valence-corrected chi connectivity index (χ0v) is 11.0. The summed E-state index contributed by atoms with van der Waals surface area (Å²) in [5.41, 5.74) is 2.23. The van der Waals surface area contributed by atoms with Crippen molar-refractivity contribution in [3.05, 3.63) is 41.4 Å². The number of hydrogen-bond acceptors (Lipinski definition) is 4. The topological polar surface area (TPSA) is 47.2 Å². The largest absolute Gasteiger partial charge is 0.311 e. The summed E-state index contributed by atoms with van der Waals surface area (Å²) in [5, 5.41) is 9.70. The molecule has 0 aliphatic rings. The Balaban J connectivity index is 1.79. The molecule has 0 radical (unpaired) electrons. The Kier molecular flexibility index (Phi) is 3.12. The molecule has 3 rings (SSSR count). The number of hydrogen-bond donors (Lipinski definition) is 1. The van der Waals surface area contributed by atoms with Crippen molar-refractivity contribution in [2.24, 2.45) is 0 Å².